The summed E-state index contributed by atoms with van der Waals surface area (Å²) in [5.74, 6) is -1.46. The Morgan fingerprint density at radius 1 is 1.32 bits per heavy atom. The maximum Gasteiger partial charge on any atom is 0.295 e. The molecule has 1 amide bonds. The monoisotopic (exact) mass is 443 g/mol. The van der Waals surface area contributed by atoms with Gasteiger partial charge in [-0.15, -0.1) is 0 Å². The highest BCUT2D eigenvalue weighted by atomic mass is 35.5. The number of aliphatic hydroxyl groups is 1. The first-order valence-electron chi connectivity index (χ1n) is 9.93. The molecule has 0 aliphatic carbocycles. The molecule has 3 rings (SSSR count). The Morgan fingerprint density at radius 3 is 2.68 bits per heavy atom. The van der Waals surface area contributed by atoms with Gasteiger partial charge in [0.25, 0.3) is 11.7 Å². The summed E-state index contributed by atoms with van der Waals surface area (Å²) >= 11 is 6.30. The highest BCUT2D eigenvalue weighted by molar-refractivity contribution is 6.46. The van der Waals surface area contributed by atoms with Crippen LogP contribution in [0.2, 0.25) is 5.02 Å². The number of aryl methyl sites for hydroxylation is 1. The smallest absolute Gasteiger partial charge is 0.295 e. The van der Waals surface area contributed by atoms with Gasteiger partial charge in [-0.05, 0) is 63.3 Å². The number of nitrogens with zero attached hydrogens (tertiary/aromatic N) is 3. The molecule has 2 heterocycles. The average molecular weight is 444 g/mol. The Hall–Kier alpha value is -2.90. The van der Waals surface area contributed by atoms with Crippen LogP contribution >= 0.6 is 11.6 Å². The van der Waals surface area contributed by atoms with Crippen molar-refractivity contribution in [1.29, 1.82) is 0 Å². The molecule has 1 fully saturated rings. The van der Waals surface area contributed by atoms with Gasteiger partial charge in [-0.3, -0.25) is 14.6 Å². The second-order valence-corrected chi connectivity index (χ2v) is 8.17. The predicted molar refractivity (Wildman–Crippen MR) is 119 cm³/mol. The summed E-state index contributed by atoms with van der Waals surface area (Å²) in [6.45, 7) is 2.94. The van der Waals surface area contributed by atoms with Crippen molar-refractivity contribution in [3.05, 3.63) is 63.9 Å². The average Bonchev–Trinajstić information content (AvgIpc) is 2.98. The first kappa shape index (κ1) is 22.8. The fraction of sp³-hybridized carbons (Fsp3) is 0.348. The first-order chi connectivity index (χ1) is 14.8. The lowest BCUT2D eigenvalue weighted by atomic mass is 9.95. The molecule has 1 saturated heterocycles. The summed E-state index contributed by atoms with van der Waals surface area (Å²) in [6, 6.07) is 6.16. The van der Waals surface area contributed by atoms with Gasteiger partial charge in [0.2, 0.25) is 0 Å². The lowest BCUT2D eigenvalue weighted by molar-refractivity contribution is -0.139. The van der Waals surface area contributed by atoms with E-state index in [1.807, 2.05) is 25.9 Å². The Bertz CT molecular complexity index is 1020. The molecule has 7 nitrogen and oxygen atoms in total. The number of ketones is 1. The van der Waals surface area contributed by atoms with E-state index in [-0.39, 0.29) is 22.6 Å². The molecule has 1 aromatic heterocycles. The second-order valence-electron chi connectivity index (χ2n) is 7.76. The lowest BCUT2D eigenvalue weighted by Gasteiger charge is -2.25. The van der Waals surface area contributed by atoms with Crippen LogP contribution in [0.3, 0.4) is 0 Å². The van der Waals surface area contributed by atoms with E-state index in [4.69, 9.17) is 16.3 Å². The molecule has 1 aliphatic heterocycles. The predicted octanol–water partition coefficient (Wildman–Crippen LogP) is 3.43. The van der Waals surface area contributed by atoms with Crippen LogP contribution in [0, 0.1) is 6.92 Å². The highest BCUT2D eigenvalue weighted by Gasteiger charge is 2.46. The SMILES string of the molecule is COc1c(Cl)cc(C)cc1/C(O)=C1\C(=O)C(=O)N(CCCN(C)C)C1c1cccnc1. The maximum absolute atomic E-state index is 13.1. The number of likely N-dealkylation sites (tertiary alicyclic amines) is 1. The zero-order valence-electron chi connectivity index (χ0n) is 18.1. The van der Waals surface area contributed by atoms with E-state index in [0.717, 1.165) is 12.1 Å². The van der Waals surface area contributed by atoms with E-state index in [9.17, 15) is 14.7 Å². The maximum atomic E-state index is 13.1. The van der Waals surface area contributed by atoms with Crippen LogP contribution in [0.5, 0.6) is 5.75 Å². The minimum Gasteiger partial charge on any atom is -0.507 e. The minimum atomic E-state index is -0.750. The molecular weight excluding hydrogens is 418 g/mol. The zero-order chi connectivity index (χ0) is 22.7. The lowest BCUT2D eigenvalue weighted by Crippen LogP contribution is -2.32. The molecule has 8 heteroatoms. The number of aromatic nitrogens is 1. The number of Topliss-reactive ketones (excluding diaryl/α,β-unsaturated/α-hetero) is 1. The van der Waals surface area contributed by atoms with E-state index in [1.165, 1.54) is 12.0 Å². The normalized spacial score (nSPS) is 18.1. The molecule has 0 spiro atoms. The third kappa shape index (κ3) is 4.57. The van der Waals surface area contributed by atoms with Crippen molar-refractivity contribution in [3.63, 3.8) is 0 Å². The molecule has 1 N–H and O–H groups in total. The summed E-state index contributed by atoms with van der Waals surface area (Å²) in [5.41, 5.74) is 1.70. The van der Waals surface area contributed by atoms with Gasteiger partial charge in [0.05, 0.1) is 29.3 Å². The molecule has 164 valence electrons. The van der Waals surface area contributed by atoms with Crippen molar-refractivity contribution in [1.82, 2.24) is 14.8 Å². The number of pyridine rings is 1. The van der Waals surface area contributed by atoms with Crippen LogP contribution < -0.4 is 4.74 Å². The molecule has 0 saturated carbocycles. The Balaban J connectivity index is 2.17. The summed E-state index contributed by atoms with van der Waals surface area (Å²) in [6.07, 6.45) is 3.89. The van der Waals surface area contributed by atoms with E-state index in [1.54, 1.807) is 36.7 Å². The summed E-state index contributed by atoms with van der Waals surface area (Å²) in [4.78, 5) is 33.7. The van der Waals surface area contributed by atoms with Crippen LogP contribution in [-0.4, -0.2) is 65.9 Å². The number of carbonyl (C=O) groups is 2. The summed E-state index contributed by atoms with van der Waals surface area (Å²) in [5, 5.41) is 11.6. The number of hydrogen-bond acceptors (Lipinski definition) is 6. The van der Waals surface area contributed by atoms with Gasteiger partial charge in [0.15, 0.2) is 0 Å². The van der Waals surface area contributed by atoms with Gasteiger partial charge in [0, 0.05) is 18.9 Å². The number of carbonyl (C=O) groups excluding carboxylic acids is 2. The van der Waals surface area contributed by atoms with Gasteiger partial charge < -0.3 is 19.6 Å². The van der Waals surface area contributed by atoms with Gasteiger partial charge >= 0.3 is 0 Å². The second kappa shape index (κ2) is 9.49. The van der Waals surface area contributed by atoms with Gasteiger partial charge in [0.1, 0.15) is 11.5 Å². The number of amides is 1. The third-order valence-electron chi connectivity index (χ3n) is 5.19. The van der Waals surface area contributed by atoms with Crippen molar-refractivity contribution in [2.24, 2.45) is 0 Å². The molecule has 0 bridgehead atoms. The number of benzene rings is 1. The standard InChI is InChI=1S/C23H26ClN3O4/c1-14-11-16(22(31-4)17(24)12-14)20(28)18-19(15-7-5-8-25-13-15)27(23(30)21(18)29)10-6-9-26(2)3/h5,7-8,11-13,19,28H,6,9-10H2,1-4H3/b20-18+. The Labute approximate surface area is 186 Å². The fourth-order valence-corrected chi connectivity index (χ4v) is 4.16. The van der Waals surface area contributed by atoms with Crippen molar-refractivity contribution in [3.8, 4) is 5.75 Å². The van der Waals surface area contributed by atoms with E-state index >= 15 is 0 Å². The molecule has 1 atom stereocenters. The highest BCUT2D eigenvalue weighted by Crippen LogP contribution is 2.42. The van der Waals surface area contributed by atoms with Gasteiger partial charge in [-0.2, -0.15) is 0 Å². The van der Waals surface area contributed by atoms with E-state index in [2.05, 4.69) is 4.98 Å². The third-order valence-corrected chi connectivity index (χ3v) is 5.47. The molecule has 1 aromatic carbocycles. The van der Waals surface area contributed by atoms with Crippen LogP contribution in [0.25, 0.3) is 5.76 Å². The topological polar surface area (TPSA) is 83.0 Å². The largest absolute Gasteiger partial charge is 0.507 e. The van der Waals surface area contributed by atoms with E-state index < -0.39 is 17.7 Å². The van der Waals surface area contributed by atoms with Crippen molar-refractivity contribution < 1.29 is 19.4 Å². The summed E-state index contributed by atoms with van der Waals surface area (Å²) in [7, 11) is 5.33. The molecule has 0 radical (unpaired) electrons. The fourth-order valence-electron chi connectivity index (χ4n) is 3.81. The zero-order valence-corrected chi connectivity index (χ0v) is 18.8. The number of ether oxygens (including phenoxy) is 1. The van der Waals surface area contributed by atoms with Gasteiger partial charge in [-0.25, -0.2) is 0 Å². The molecule has 1 unspecified atom stereocenters. The number of halogens is 1. The van der Waals surface area contributed by atoms with E-state index in [0.29, 0.717) is 23.6 Å². The molecule has 2 aromatic rings. The number of aliphatic hydroxyl groups excluding tert-OH is 1. The van der Waals surface area contributed by atoms with Crippen molar-refractivity contribution in [2.75, 3.05) is 34.3 Å². The first-order valence-corrected chi connectivity index (χ1v) is 10.3. The minimum absolute atomic E-state index is 0.00261. The van der Waals surface area contributed by atoms with Gasteiger partial charge in [-0.1, -0.05) is 17.7 Å². The molecule has 31 heavy (non-hydrogen) atoms. The van der Waals surface area contributed by atoms with Crippen LogP contribution in [0.15, 0.2) is 42.2 Å². The molecular formula is C23H26ClN3O4. The summed E-state index contributed by atoms with van der Waals surface area (Å²) < 4.78 is 5.38. The van der Waals surface area contributed by atoms with Crippen molar-refractivity contribution >= 4 is 29.1 Å². The quantitative estimate of drug-likeness (QED) is 0.401. The van der Waals surface area contributed by atoms with Crippen LogP contribution in [0.1, 0.15) is 29.2 Å². The van der Waals surface area contributed by atoms with Crippen LogP contribution in [-0.2, 0) is 9.59 Å². The van der Waals surface area contributed by atoms with Crippen LogP contribution in [0.4, 0.5) is 0 Å². The molecule has 1 aliphatic rings. The Morgan fingerprint density at radius 2 is 2.06 bits per heavy atom. The number of hydrogen-bond donors (Lipinski definition) is 1. The van der Waals surface area contributed by atoms with Crippen molar-refractivity contribution in [2.45, 2.75) is 19.4 Å². The number of methoxy groups -OCH3 is 1. The number of rotatable bonds is 7. The Kier molecular flexibility index (Phi) is 6.97.